The molecule has 0 aliphatic carbocycles. The first-order chi connectivity index (χ1) is 9.59. The number of sulfonamides is 1. The van der Waals surface area contributed by atoms with E-state index in [1.807, 2.05) is 13.8 Å². The van der Waals surface area contributed by atoms with Gasteiger partial charge in [0.15, 0.2) is 14.9 Å². The summed E-state index contributed by atoms with van der Waals surface area (Å²) in [5.41, 5.74) is 1.06. The molecule has 114 valence electrons. The Balaban J connectivity index is 2.37. The average Bonchev–Trinajstić information content (AvgIpc) is 2.69. The largest absolute Gasteiger partial charge is 0.279 e. The quantitative estimate of drug-likeness (QED) is 0.913. The zero-order valence-electron chi connectivity index (χ0n) is 11.6. The molecule has 9 heteroatoms. The van der Waals surface area contributed by atoms with E-state index in [0.717, 1.165) is 16.7 Å². The van der Waals surface area contributed by atoms with Crippen LogP contribution >= 0.6 is 11.3 Å². The van der Waals surface area contributed by atoms with Gasteiger partial charge in [-0.15, -0.1) is 11.3 Å². The minimum Gasteiger partial charge on any atom is -0.279 e. The molecular weight excluding hydrogens is 332 g/mol. The van der Waals surface area contributed by atoms with Gasteiger partial charge in [-0.25, -0.2) is 21.8 Å². The number of hydrogen-bond donors (Lipinski definition) is 1. The van der Waals surface area contributed by atoms with Gasteiger partial charge in [0.25, 0.3) is 10.0 Å². The number of nitrogens with zero attached hydrogens (tertiary/aromatic N) is 1. The molecule has 6 nitrogen and oxygen atoms in total. The summed E-state index contributed by atoms with van der Waals surface area (Å²) in [5, 5.41) is -0.179. The molecule has 0 aromatic carbocycles. The fourth-order valence-electron chi connectivity index (χ4n) is 1.55. The third kappa shape index (κ3) is 3.60. The highest BCUT2D eigenvalue weighted by Crippen LogP contribution is 2.27. The van der Waals surface area contributed by atoms with E-state index < -0.39 is 19.9 Å². The normalized spacial score (nSPS) is 12.3. The third-order valence-electron chi connectivity index (χ3n) is 2.78. The third-order valence-corrected chi connectivity index (χ3v) is 6.77. The maximum absolute atomic E-state index is 12.3. The fourth-order valence-corrected chi connectivity index (χ4v) is 4.71. The van der Waals surface area contributed by atoms with Crippen LogP contribution in [0.25, 0.3) is 0 Å². The van der Waals surface area contributed by atoms with Crippen molar-refractivity contribution in [2.24, 2.45) is 0 Å². The van der Waals surface area contributed by atoms with Crippen LogP contribution in [0.2, 0.25) is 0 Å². The molecule has 21 heavy (non-hydrogen) atoms. The number of hydrogen-bond acceptors (Lipinski definition) is 6. The Bertz CT molecular complexity index is 863. The Morgan fingerprint density at radius 2 is 1.81 bits per heavy atom. The van der Waals surface area contributed by atoms with Gasteiger partial charge in [-0.1, -0.05) is 0 Å². The lowest BCUT2D eigenvalue weighted by Gasteiger charge is -2.07. The number of pyridine rings is 1. The van der Waals surface area contributed by atoms with Crippen molar-refractivity contribution >= 4 is 36.9 Å². The summed E-state index contributed by atoms with van der Waals surface area (Å²) < 4.78 is 49.9. The van der Waals surface area contributed by atoms with Crippen LogP contribution in [0.15, 0.2) is 33.6 Å². The summed E-state index contributed by atoms with van der Waals surface area (Å²) in [4.78, 5) is 4.63. The molecule has 0 atom stereocenters. The molecule has 0 spiro atoms. The molecule has 2 aromatic heterocycles. The van der Waals surface area contributed by atoms with Crippen LogP contribution in [0.4, 0.5) is 5.69 Å². The van der Waals surface area contributed by atoms with Crippen LogP contribution in [0.1, 0.15) is 10.4 Å². The Morgan fingerprint density at radius 3 is 2.33 bits per heavy atom. The van der Waals surface area contributed by atoms with E-state index in [-0.39, 0.29) is 14.9 Å². The molecule has 0 saturated carbocycles. The van der Waals surface area contributed by atoms with Crippen molar-refractivity contribution in [1.29, 1.82) is 0 Å². The average molecular weight is 346 g/mol. The molecule has 0 amide bonds. The second-order valence-electron chi connectivity index (χ2n) is 4.57. The van der Waals surface area contributed by atoms with Gasteiger partial charge in [0.05, 0.1) is 5.69 Å². The van der Waals surface area contributed by atoms with Crippen LogP contribution in [0.5, 0.6) is 0 Å². The van der Waals surface area contributed by atoms with Crippen molar-refractivity contribution in [1.82, 2.24) is 4.98 Å². The molecule has 0 saturated heterocycles. The molecule has 2 rings (SSSR count). The lowest BCUT2D eigenvalue weighted by molar-refractivity contribution is 0.597. The van der Waals surface area contributed by atoms with E-state index >= 15 is 0 Å². The van der Waals surface area contributed by atoms with Crippen LogP contribution in [0, 0.1) is 13.8 Å². The predicted molar refractivity (Wildman–Crippen MR) is 81.9 cm³/mol. The van der Waals surface area contributed by atoms with E-state index in [9.17, 15) is 16.8 Å². The van der Waals surface area contributed by atoms with Crippen LogP contribution in [-0.2, 0) is 19.9 Å². The molecule has 0 radical (unpaired) electrons. The lowest BCUT2D eigenvalue weighted by atomic mass is 10.3. The summed E-state index contributed by atoms with van der Waals surface area (Å²) in [5.74, 6) is 0. The van der Waals surface area contributed by atoms with Crippen molar-refractivity contribution in [2.45, 2.75) is 23.1 Å². The second kappa shape index (κ2) is 5.39. The summed E-state index contributed by atoms with van der Waals surface area (Å²) in [6, 6.07) is 4.18. The molecule has 2 heterocycles. The van der Waals surface area contributed by atoms with Gasteiger partial charge in [0.2, 0.25) is 0 Å². The van der Waals surface area contributed by atoms with Gasteiger partial charge in [-0.3, -0.25) is 4.72 Å². The highest BCUT2D eigenvalue weighted by atomic mass is 32.2. The van der Waals surface area contributed by atoms with Gasteiger partial charge >= 0.3 is 0 Å². The monoisotopic (exact) mass is 346 g/mol. The highest BCUT2D eigenvalue weighted by Gasteiger charge is 2.19. The van der Waals surface area contributed by atoms with Crippen LogP contribution in [0.3, 0.4) is 0 Å². The van der Waals surface area contributed by atoms with Crippen molar-refractivity contribution in [3.05, 3.63) is 34.8 Å². The number of aromatic nitrogens is 1. The smallest absolute Gasteiger partial charge is 0.271 e. The minimum atomic E-state index is -3.73. The van der Waals surface area contributed by atoms with Gasteiger partial charge in [-0.05, 0) is 37.6 Å². The first-order valence-electron chi connectivity index (χ1n) is 5.85. The van der Waals surface area contributed by atoms with Crippen molar-refractivity contribution < 1.29 is 16.8 Å². The Labute approximate surface area is 127 Å². The maximum Gasteiger partial charge on any atom is 0.271 e. The SMILES string of the molecule is Cc1cc(S(=O)(=O)Nc2ccnc(S(C)(=O)=O)c2)sc1C. The number of aryl methyl sites for hydroxylation is 2. The van der Waals surface area contributed by atoms with E-state index in [1.54, 1.807) is 6.07 Å². The maximum atomic E-state index is 12.3. The van der Waals surface area contributed by atoms with Crippen molar-refractivity contribution in [2.75, 3.05) is 11.0 Å². The van der Waals surface area contributed by atoms with Gasteiger partial charge in [0.1, 0.15) is 4.21 Å². The minimum absolute atomic E-state index is 0.161. The van der Waals surface area contributed by atoms with Gasteiger partial charge in [-0.2, -0.15) is 0 Å². The topological polar surface area (TPSA) is 93.2 Å². The predicted octanol–water partition coefficient (Wildman–Crippen LogP) is 1.96. The second-order valence-corrected chi connectivity index (χ2v) is 9.69. The molecule has 0 aliphatic heterocycles. The van der Waals surface area contributed by atoms with E-state index in [0.29, 0.717) is 0 Å². The Hall–Kier alpha value is -1.45. The first kappa shape index (κ1) is 15.9. The summed E-state index contributed by atoms with van der Waals surface area (Å²) >= 11 is 1.17. The number of sulfone groups is 1. The molecule has 1 N–H and O–H groups in total. The summed E-state index contributed by atoms with van der Waals surface area (Å²) in [6.07, 6.45) is 2.26. The zero-order valence-corrected chi connectivity index (χ0v) is 14.1. The zero-order chi connectivity index (χ0) is 15.8. The number of thiophene rings is 1. The summed E-state index contributed by atoms with van der Waals surface area (Å²) in [7, 11) is -7.22. The molecular formula is C12H14N2O4S3. The first-order valence-corrected chi connectivity index (χ1v) is 10.0. The summed E-state index contributed by atoms with van der Waals surface area (Å²) in [6.45, 7) is 3.67. The van der Waals surface area contributed by atoms with E-state index in [2.05, 4.69) is 9.71 Å². The van der Waals surface area contributed by atoms with Gasteiger partial charge < -0.3 is 0 Å². The lowest BCUT2D eigenvalue weighted by Crippen LogP contribution is -2.12. The number of rotatable bonds is 4. The fraction of sp³-hybridized carbons (Fsp3) is 0.250. The highest BCUT2D eigenvalue weighted by molar-refractivity contribution is 7.94. The number of nitrogens with one attached hydrogen (secondary N) is 1. The standard InChI is InChI=1S/C12H14N2O4S3/c1-8-6-12(19-9(8)2)21(17,18)14-10-4-5-13-11(7-10)20(3,15)16/h4-7H,1-3H3,(H,13,14). The molecule has 0 bridgehead atoms. The molecule has 0 aliphatic rings. The molecule has 0 unspecified atom stereocenters. The molecule has 2 aromatic rings. The van der Waals surface area contributed by atoms with E-state index in [4.69, 9.17) is 0 Å². The Kier molecular flexibility index (Phi) is 4.09. The number of anilines is 1. The molecule has 0 fully saturated rings. The van der Waals surface area contributed by atoms with Gasteiger partial charge in [0, 0.05) is 17.3 Å². The van der Waals surface area contributed by atoms with Crippen molar-refractivity contribution in [3.63, 3.8) is 0 Å². The van der Waals surface area contributed by atoms with Crippen LogP contribution < -0.4 is 4.72 Å². The van der Waals surface area contributed by atoms with Crippen molar-refractivity contribution in [3.8, 4) is 0 Å². The van der Waals surface area contributed by atoms with E-state index in [1.165, 1.54) is 29.7 Å². The van der Waals surface area contributed by atoms with Crippen LogP contribution in [-0.4, -0.2) is 28.1 Å². The Morgan fingerprint density at radius 1 is 1.14 bits per heavy atom.